The number of rotatable bonds is 3. The molecule has 0 aliphatic heterocycles. The molecule has 112 valence electrons. The number of hydrogen-bond donors (Lipinski definition) is 0. The van der Waals surface area contributed by atoms with Gasteiger partial charge in [0.1, 0.15) is 0 Å². The number of benzene rings is 1. The summed E-state index contributed by atoms with van der Waals surface area (Å²) >= 11 is 5.15. The fraction of sp³-hybridized carbons (Fsp3) is 0.417. The Morgan fingerprint density at radius 1 is 1.05 bits per heavy atom. The van der Waals surface area contributed by atoms with Gasteiger partial charge in [0.15, 0.2) is 0 Å². The van der Waals surface area contributed by atoms with Crippen molar-refractivity contribution in [2.75, 3.05) is 0 Å². The quantitative estimate of drug-likeness (QED) is 0.585. The van der Waals surface area contributed by atoms with E-state index < -0.39 is 34.6 Å². The maximum atomic E-state index is 12.6. The van der Waals surface area contributed by atoms with Crippen LogP contribution < -0.4 is 0 Å². The third-order valence-electron chi connectivity index (χ3n) is 2.58. The largest absolute Gasteiger partial charge is 0.416 e. The summed E-state index contributed by atoms with van der Waals surface area (Å²) in [4.78, 5) is 10.8. The van der Waals surface area contributed by atoms with Gasteiger partial charge in [-0.25, -0.2) is 0 Å². The van der Waals surface area contributed by atoms with E-state index in [0.29, 0.717) is 12.1 Å². The maximum Gasteiger partial charge on any atom is 0.416 e. The van der Waals surface area contributed by atoms with Gasteiger partial charge in [-0.3, -0.25) is 4.79 Å². The molecule has 0 bridgehead atoms. The Kier molecular flexibility index (Phi) is 4.74. The molecule has 8 heteroatoms. The first-order valence-electron chi connectivity index (χ1n) is 5.39. The van der Waals surface area contributed by atoms with Crippen LogP contribution in [0, 0.1) is 5.92 Å². The third kappa shape index (κ3) is 4.40. The molecule has 0 aliphatic carbocycles. The molecule has 0 heterocycles. The Hall–Kier alpha value is -1.24. The van der Waals surface area contributed by atoms with Crippen LogP contribution in [0.15, 0.2) is 18.2 Å². The molecule has 0 aromatic heterocycles. The van der Waals surface area contributed by atoms with Crippen LogP contribution in [0.1, 0.15) is 23.6 Å². The molecule has 0 aliphatic rings. The average Bonchev–Trinajstić information content (AvgIpc) is 2.26. The first-order valence-corrected chi connectivity index (χ1v) is 5.76. The Bertz CT molecular complexity index is 473. The second kappa shape index (κ2) is 5.63. The van der Waals surface area contributed by atoms with Crippen molar-refractivity contribution in [3.8, 4) is 0 Å². The molecule has 20 heavy (non-hydrogen) atoms. The van der Waals surface area contributed by atoms with Crippen molar-refractivity contribution in [3.63, 3.8) is 0 Å². The van der Waals surface area contributed by atoms with Gasteiger partial charge in [0.05, 0.1) is 11.1 Å². The number of hydrogen-bond acceptors (Lipinski definition) is 1. The van der Waals surface area contributed by atoms with Crippen LogP contribution >= 0.6 is 11.6 Å². The summed E-state index contributed by atoms with van der Waals surface area (Å²) in [6.45, 7) is 1.32. The zero-order valence-corrected chi connectivity index (χ0v) is 10.8. The Balaban J connectivity index is 3.28. The van der Waals surface area contributed by atoms with Gasteiger partial charge in [0.2, 0.25) is 5.24 Å². The van der Waals surface area contributed by atoms with Gasteiger partial charge in [-0.05, 0) is 41.8 Å². The molecular weight excluding hydrogens is 310 g/mol. The van der Waals surface area contributed by atoms with E-state index in [4.69, 9.17) is 11.6 Å². The summed E-state index contributed by atoms with van der Waals surface area (Å²) in [6.07, 6.45) is -10.1. The minimum absolute atomic E-state index is 0.0384. The normalized spacial score (nSPS) is 14.2. The van der Waals surface area contributed by atoms with E-state index in [0.717, 1.165) is 0 Å². The van der Waals surface area contributed by atoms with Crippen molar-refractivity contribution in [2.24, 2.45) is 5.92 Å². The monoisotopic (exact) mass is 318 g/mol. The lowest BCUT2D eigenvalue weighted by Gasteiger charge is -2.15. The predicted molar refractivity (Wildman–Crippen MR) is 60.2 cm³/mol. The molecule has 0 amide bonds. The molecule has 1 aromatic rings. The molecule has 0 fully saturated rings. The van der Waals surface area contributed by atoms with Crippen molar-refractivity contribution < 1.29 is 31.1 Å². The maximum absolute atomic E-state index is 12.6. The third-order valence-corrected chi connectivity index (χ3v) is 2.95. The summed E-state index contributed by atoms with van der Waals surface area (Å²) in [7, 11) is 0. The van der Waals surface area contributed by atoms with Gasteiger partial charge in [-0.15, -0.1) is 0 Å². The summed E-state index contributed by atoms with van der Waals surface area (Å²) < 4.78 is 75.4. The fourth-order valence-corrected chi connectivity index (χ4v) is 1.65. The number of alkyl halides is 6. The first-order chi connectivity index (χ1) is 8.91. The van der Waals surface area contributed by atoms with Crippen LogP contribution in [0.25, 0.3) is 0 Å². The topological polar surface area (TPSA) is 17.1 Å². The number of carbonyl (C=O) groups excluding carboxylic acids is 1. The standard InChI is InChI=1S/C12H9ClF6O/c1-6(10(13)20)2-7-3-8(11(14,15)16)5-9(4-7)12(17,18)19/h3-6H,2H2,1H3. The lowest BCUT2D eigenvalue weighted by atomic mass is 9.97. The molecule has 0 saturated carbocycles. The van der Waals surface area contributed by atoms with Gasteiger partial charge in [0, 0.05) is 5.92 Å². The van der Waals surface area contributed by atoms with E-state index >= 15 is 0 Å². The smallest absolute Gasteiger partial charge is 0.281 e. The highest BCUT2D eigenvalue weighted by Gasteiger charge is 2.37. The first kappa shape index (κ1) is 16.8. The van der Waals surface area contributed by atoms with E-state index in [9.17, 15) is 31.1 Å². The fourth-order valence-electron chi connectivity index (χ4n) is 1.57. The summed E-state index contributed by atoms with van der Waals surface area (Å²) in [5.74, 6) is -0.874. The molecule has 1 nitrogen and oxygen atoms in total. The summed E-state index contributed by atoms with van der Waals surface area (Å²) in [5.41, 5.74) is -3.05. The molecule has 1 atom stereocenters. The Labute approximate surface area is 115 Å². The molecule has 0 radical (unpaired) electrons. The number of carbonyl (C=O) groups is 1. The zero-order chi connectivity index (χ0) is 15.7. The van der Waals surface area contributed by atoms with Crippen molar-refractivity contribution in [1.29, 1.82) is 0 Å². The van der Waals surface area contributed by atoms with Gasteiger partial charge < -0.3 is 0 Å². The number of halogens is 7. The SMILES string of the molecule is CC(Cc1cc(C(F)(F)F)cc(C(F)(F)F)c1)C(=O)Cl. The van der Waals surface area contributed by atoms with E-state index in [1.165, 1.54) is 6.92 Å². The van der Waals surface area contributed by atoms with Crippen LogP contribution in [0.2, 0.25) is 0 Å². The van der Waals surface area contributed by atoms with E-state index in [1.54, 1.807) is 0 Å². The van der Waals surface area contributed by atoms with Crippen LogP contribution in [-0.4, -0.2) is 5.24 Å². The average molecular weight is 319 g/mol. The highest BCUT2D eigenvalue weighted by molar-refractivity contribution is 6.63. The lowest BCUT2D eigenvalue weighted by molar-refractivity contribution is -0.143. The molecule has 1 rings (SSSR count). The molecule has 0 N–H and O–H groups in total. The molecule has 1 aromatic carbocycles. The molecule has 0 saturated heterocycles. The summed E-state index contributed by atoms with van der Waals surface area (Å²) in [5, 5.41) is -0.823. The predicted octanol–water partition coefficient (Wildman–Crippen LogP) is 4.67. The minimum Gasteiger partial charge on any atom is -0.281 e. The van der Waals surface area contributed by atoms with Gasteiger partial charge in [0.25, 0.3) is 0 Å². The van der Waals surface area contributed by atoms with Crippen LogP contribution in [-0.2, 0) is 23.6 Å². The Morgan fingerprint density at radius 3 is 1.75 bits per heavy atom. The van der Waals surface area contributed by atoms with E-state index in [-0.39, 0.29) is 18.1 Å². The lowest BCUT2D eigenvalue weighted by Crippen LogP contribution is -2.14. The second-order valence-electron chi connectivity index (χ2n) is 4.32. The Morgan fingerprint density at radius 2 is 1.45 bits per heavy atom. The highest BCUT2D eigenvalue weighted by atomic mass is 35.5. The van der Waals surface area contributed by atoms with E-state index in [2.05, 4.69) is 0 Å². The van der Waals surface area contributed by atoms with Gasteiger partial charge >= 0.3 is 12.4 Å². The molecule has 0 spiro atoms. The van der Waals surface area contributed by atoms with Gasteiger partial charge in [-0.1, -0.05) is 6.92 Å². The second-order valence-corrected chi connectivity index (χ2v) is 4.70. The molecule has 1 unspecified atom stereocenters. The van der Waals surface area contributed by atoms with Crippen LogP contribution in [0.3, 0.4) is 0 Å². The summed E-state index contributed by atoms with van der Waals surface area (Å²) in [6, 6.07) is 1.22. The van der Waals surface area contributed by atoms with Crippen molar-refractivity contribution >= 4 is 16.8 Å². The minimum atomic E-state index is -4.90. The van der Waals surface area contributed by atoms with Crippen LogP contribution in [0.4, 0.5) is 26.3 Å². The van der Waals surface area contributed by atoms with Crippen molar-refractivity contribution in [3.05, 3.63) is 34.9 Å². The van der Waals surface area contributed by atoms with Gasteiger partial charge in [-0.2, -0.15) is 26.3 Å². The molecular formula is C12H9ClF6O. The zero-order valence-electron chi connectivity index (χ0n) is 10.1. The highest BCUT2D eigenvalue weighted by Crippen LogP contribution is 2.36. The van der Waals surface area contributed by atoms with E-state index in [1.807, 2.05) is 0 Å². The van der Waals surface area contributed by atoms with Crippen LogP contribution in [0.5, 0.6) is 0 Å². The van der Waals surface area contributed by atoms with Crippen molar-refractivity contribution in [1.82, 2.24) is 0 Å². The van der Waals surface area contributed by atoms with Crippen molar-refractivity contribution in [2.45, 2.75) is 25.7 Å².